The molecule has 1 fully saturated rings. The molecule has 0 aliphatic heterocycles. The highest BCUT2D eigenvalue weighted by molar-refractivity contribution is 7.99. The lowest BCUT2D eigenvalue weighted by Gasteiger charge is -2.28. The molecular formula is C18H25NO5S. The van der Waals surface area contributed by atoms with Gasteiger partial charge in [0.2, 0.25) is 0 Å². The van der Waals surface area contributed by atoms with Crippen LogP contribution in [-0.2, 0) is 4.79 Å². The predicted octanol–water partition coefficient (Wildman–Crippen LogP) is 2.95. The van der Waals surface area contributed by atoms with E-state index in [0.29, 0.717) is 28.9 Å². The molecule has 1 aromatic carbocycles. The summed E-state index contributed by atoms with van der Waals surface area (Å²) < 4.78 is 10.7. The Morgan fingerprint density at radius 1 is 1.28 bits per heavy atom. The van der Waals surface area contributed by atoms with Crippen molar-refractivity contribution in [3.63, 3.8) is 0 Å². The summed E-state index contributed by atoms with van der Waals surface area (Å²) in [6.07, 6.45) is 6.44. The fraction of sp³-hybridized carbons (Fsp3) is 0.556. The second-order valence-corrected chi connectivity index (χ2v) is 7.11. The van der Waals surface area contributed by atoms with Crippen molar-refractivity contribution >= 4 is 23.6 Å². The average Bonchev–Trinajstić information content (AvgIpc) is 2.60. The third-order valence-corrected chi connectivity index (χ3v) is 5.25. The molecule has 0 bridgehead atoms. The lowest BCUT2D eigenvalue weighted by molar-refractivity contribution is -0.139. The maximum absolute atomic E-state index is 12.5. The summed E-state index contributed by atoms with van der Waals surface area (Å²) in [5, 5.41) is 12.4. The Kier molecular flexibility index (Phi) is 7.43. The normalized spacial score (nSPS) is 19.9. The summed E-state index contributed by atoms with van der Waals surface area (Å²) >= 11 is 1.86. The lowest BCUT2D eigenvalue weighted by Crippen LogP contribution is -2.39. The molecule has 0 saturated heterocycles. The van der Waals surface area contributed by atoms with Gasteiger partial charge in [-0.05, 0) is 50.6 Å². The molecule has 0 aromatic heterocycles. The number of hydrogen-bond acceptors (Lipinski definition) is 5. The molecule has 0 radical (unpaired) electrons. The minimum absolute atomic E-state index is 0.141. The van der Waals surface area contributed by atoms with Crippen LogP contribution in [0.15, 0.2) is 18.2 Å². The lowest BCUT2D eigenvalue weighted by atomic mass is 9.94. The minimum Gasteiger partial charge on any atom is -0.490 e. The topological polar surface area (TPSA) is 84.9 Å². The Labute approximate surface area is 152 Å². The van der Waals surface area contributed by atoms with Crippen molar-refractivity contribution in [3.05, 3.63) is 23.8 Å². The van der Waals surface area contributed by atoms with Crippen molar-refractivity contribution in [1.29, 1.82) is 0 Å². The Morgan fingerprint density at radius 3 is 2.76 bits per heavy atom. The van der Waals surface area contributed by atoms with Crippen molar-refractivity contribution in [3.8, 4) is 11.5 Å². The maximum Gasteiger partial charge on any atom is 0.341 e. The number of amides is 1. The third kappa shape index (κ3) is 5.85. The van der Waals surface area contributed by atoms with Gasteiger partial charge < -0.3 is 19.9 Å². The molecule has 0 spiro atoms. The Morgan fingerprint density at radius 2 is 2.08 bits per heavy atom. The molecule has 2 N–H and O–H groups in total. The van der Waals surface area contributed by atoms with Gasteiger partial charge in [0, 0.05) is 16.9 Å². The van der Waals surface area contributed by atoms with E-state index in [9.17, 15) is 9.59 Å². The van der Waals surface area contributed by atoms with Gasteiger partial charge in [-0.25, -0.2) is 4.79 Å². The molecule has 25 heavy (non-hydrogen) atoms. The van der Waals surface area contributed by atoms with Gasteiger partial charge in [0.05, 0.1) is 6.61 Å². The van der Waals surface area contributed by atoms with Gasteiger partial charge in [-0.2, -0.15) is 11.8 Å². The molecule has 1 aliphatic rings. The minimum atomic E-state index is -1.06. The van der Waals surface area contributed by atoms with Crippen molar-refractivity contribution in [2.24, 2.45) is 0 Å². The van der Waals surface area contributed by atoms with Gasteiger partial charge in [0.15, 0.2) is 18.1 Å². The van der Waals surface area contributed by atoms with Crippen LogP contribution in [0.25, 0.3) is 0 Å². The quantitative estimate of drug-likeness (QED) is 0.735. The number of carboxylic acids is 1. The fourth-order valence-electron chi connectivity index (χ4n) is 2.94. The summed E-state index contributed by atoms with van der Waals surface area (Å²) in [6, 6.07) is 5.00. The van der Waals surface area contributed by atoms with E-state index in [1.54, 1.807) is 18.2 Å². The van der Waals surface area contributed by atoms with Crippen LogP contribution in [0.1, 0.15) is 43.0 Å². The summed E-state index contributed by atoms with van der Waals surface area (Å²) in [5.41, 5.74) is 0.484. The molecule has 0 unspecified atom stereocenters. The molecule has 1 aliphatic carbocycles. The number of benzene rings is 1. The molecule has 7 heteroatoms. The smallest absolute Gasteiger partial charge is 0.341 e. The van der Waals surface area contributed by atoms with Crippen LogP contribution < -0.4 is 14.8 Å². The number of carbonyl (C=O) groups is 2. The Bertz CT molecular complexity index is 607. The van der Waals surface area contributed by atoms with E-state index in [-0.39, 0.29) is 11.9 Å². The van der Waals surface area contributed by atoms with E-state index in [1.165, 1.54) is 6.42 Å². The van der Waals surface area contributed by atoms with Gasteiger partial charge in [0.1, 0.15) is 0 Å². The molecule has 0 heterocycles. The summed E-state index contributed by atoms with van der Waals surface area (Å²) in [4.78, 5) is 23.2. The highest BCUT2D eigenvalue weighted by Crippen LogP contribution is 2.30. The van der Waals surface area contributed by atoms with E-state index >= 15 is 0 Å². The zero-order valence-corrected chi connectivity index (χ0v) is 15.4. The first kappa shape index (κ1) is 19.4. The van der Waals surface area contributed by atoms with E-state index in [2.05, 4.69) is 11.6 Å². The summed E-state index contributed by atoms with van der Waals surface area (Å²) in [5.74, 6) is -0.509. The average molecular weight is 367 g/mol. The van der Waals surface area contributed by atoms with Crippen molar-refractivity contribution in [1.82, 2.24) is 5.32 Å². The third-order valence-electron chi connectivity index (χ3n) is 4.15. The molecule has 2 atom stereocenters. The number of nitrogens with one attached hydrogen (secondary N) is 1. The van der Waals surface area contributed by atoms with Crippen molar-refractivity contribution in [2.75, 3.05) is 19.5 Å². The molecule has 1 amide bonds. The van der Waals surface area contributed by atoms with E-state index in [0.717, 1.165) is 19.3 Å². The van der Waals surface area contributed by atoms with Gasteiger partial charge in [-0.3, -0.25) is 4.79 Å². The highest BCUT2D eigenvalue weighted by Gasteiger charge is 2.23. The molecule has 1 saturated carbocycles. The van der Waals surface area contributed by atoms with E-state index < -0.39 is 12.6 Å². The number of carboxylic acid groups (broad SMARTS) is 1. The number of hydrogen-bond donors (Lipinski definition) is 2. The first-order valence-corrected chi connectivity index (χ1v) is 9.77. The number of aliphatic carboxylic acids is 1. The molecular weight excluding hydrogens is 342 g/mol. The second-order valence-electron chi connectivity index (χ2n) is 5.97. The standard InChI is InChI=1S/C18H25NO5S/c1-3-23-16-9-12(7-8-15(16)24-11-17(20)21)18(22)19-13-5-4-6-14(10-13)25-2/h7-9,13-14H,3-6,10-11H2,1-2H3,(H,19,22)(H,20,21)/t13-,14+/m0/s1. The van der Waals surface area contributed by atoms with Crippen LogP contribution in [0.5, 0.6) is 11.5 Å². The summed E-state index contributed by atoms with van der Waals surface area (Å²) in [6.45, 7) is 1.76. The van der Waals surface area contributed by atoms with Crippen LogP contribution in [-0.4, -0.2) is 47.7 Å². The van der Waals surface area contributed by atoms with Crippen molar-refractivity contribution in [2.45, 2.75) is 43.9 Å². The molecule has 2 rings (SSSR count). The van der Waals surface area contributed by atoms with Crippen LogP contribution in [0.2, 0.25) is 0 Å². The Balaban J connectivity index is 2.05. The van der Waals surface area contributed by atoms with Gasteiger partial charge in [-0.1, -0.05) is 6.42 Å². The zero-order chi connectivity index (χ0) is 18.2. The van der Waals surface area contributed by atoms with E-state index in [4.69, 9.17) is 14.6 Å². The number of ether oxygens (including phenoxy) is 2. The first-order valence-electron chi connectivity index (χ1n) is 8.48. The van der Waals surface area contributed by atoms with E-state index in [1.807, 2.05) is 18.7 Å². The zero-order valence-electron chi connectivity index (χ0n) is 14.6. The number of thioether (sulfide) groups is 1. The van der Waals surface area contributed by atoms with Gasteiger partial charge in [-0.15, -0.1) is 0 Å². The van der Waals surface area contributed by atoms with Crippen LogP contribution in [0.3, 0.4) is 0 Å². The van der Waals surface area contributed by atoms with Crippen LogP contribution in [0, 0.1) is 0 Å². The first-order chi connectivity index (χ1) is 12.0. The maximum atomic E-state index is 12.5. The largest absolute Gasteiger partial charge is 0.490 e. The molecule has 138 valence electrons. The highest BCUT2D eigenvalue weighted by atomic mass is 32.2. The molecule has 1 aromatic rings. The number of rotatable bonds is 8. The van der Waals surface area contributed by atoms with Gasteiger partial charge >= 0.3 is 5.97 Å². The SMILES string of the molecule is CCOc1cc(C(=O)N[C@H]2CCC[C@@H](SC)C2)ccc1OCC(=O)O. The fourth-order valence-corrected chi connectivity index (χ4v) is 3.76. The monoisotopic (exact) mass is 367 g/mol. The second kappa shape index (κ2) is 9.56. The number of carbonyl (C=O) groups excluding carboxylic acids is 1. The van der Waals surface area contributed by atoms with Crippen LogP contribution >= 0.6 is 11.8 Å². The van der Waals surface area contributed by atoms with Crippen LogP contribution in [0.4, 0.5) is 0 Å². The van der Waals surface area contributed by atoms with Gasteiger partial charge in [0.25, 0.3) is 5.91 Å². The predicted molar refractivity (Wildman–Crippen MR) is 97.8 cm³/mol. The Hall–Kier alpha value is -1.89. The molecule has 6 nitrogen and oxygen atoms in total. The summed E-state index contributed by atoms with van der Waals surface area (Å²) in [7, 11) is 0. The van der Waals surface area contributed by atoms with Crippen molar-refractivity contribution < 1.29 is 24.2 Å².